The maximum absolute atomic E-state index is 10.7. The van der Waals surface area contributed by atoms with E-state index >= 15 is 0 Å². The number of nitrogens with zero attached hydrogens (tertiary/aromatic N) is 1. The minimum atomic E-state index is -0.384. The van der Waals surface area contributed by atoms with Crippen molar-refractivity contribution in [2.45, 2.75) is 19.8 Å². The van der Waals surface area contributed by atoms with Crippen molar-refractivity contribution in [2.75, 3.05) is 6.61 Å². The van der Waals surface area contributed by atoms with Crippen LogP contribution in [0.15, 0.2) is 36.4 Å². The molecule has 0 atom stereocenters. The zero-order valence-corrected chi connectivity index (χ0v) is 10.3. The van der Waals surface area contributed by atoms with Crippen molar-refractivity contribution in [3.8, 4) is 5.75 Å². The summed E-state index contributed by atoms with van der Waals surface area (Å²) < 4.78 is 5.60. The number of ether oxygens (including phenoxy) is 1. The molecule has 2 aromatic carbocycles. The van der Waals surface area contributed by atoms with Crippen LogP contribution < -0.4 is 4.74 Å². The van der Waals surface area contributed by atoms with Crippen LogP contribution in [0.3, 0.4) is 0 Å². The van der Waals surface area contributed by atoms with Crippen molar-refractivity contribution >= 4 is 16.5 Å². The first-order valence-electron chi connectivity index (χ1n) is 6.01. The van der Waals surface area contributed by atoms with E-state index in [-0.39, 0.29) is 10.6 Å². The molecule has 0 saturated carbocycles. The fourth-order valence-electron chi connectivity index (χ4n) is 1.75. The van der Waals surface area contributed by atoms with Gasteiger partial charge in [-0.1, -0.05) is 19.4 Å². The lowest BCUT2D eigenvalue weighted by Crippen LogP contribution is -1.96. The Bertz CT molecular complexity index is 566. The molecule has 0 spiro atoms. The molecule has 94 valence electrons. The number of nitro groups is 1. The average Bonchev–Trinajstić information content (AvgIpc) is 2.38. The van der Waals surface area contributed by atoms with Gasteiger partial charge < -0.3 is 4.74 Å². The second-order valence-electron chi connectivity index (χ2n) is 4.15. The summed E-state index contributed by atoms with van der Waals surface area (Å²) in [7, 11) is 0. The summed E-state index contributed by atoms with van der Waals surface area (Å²) in [6.07, 6.45) is 2.12. The molecular formula is C14H15NO3. The molecule has 4 nitrogen and oxygen atoms in total. The maximum atomic E-state index is 10.7. The van der Waals surface area contributed by atoms with E-state index in [1.54, 1.807) is 12.1 Å². The smallest absolute Gasteiger partial charge is 0.270 e. The van der Waals surface area contributed by atoms with Gasteiger partial charge in [-0.3, -0.25) is 10.1 Å². The van der Waals surface area contributed by atoms with Crippen molar-refractivity contribution in [2.24, 2.45) is 0 Å². The molecule has 0 bridgehead atoms. The third-order valence-corrected chi connectivity index (χ3v) is 2.77. The van der Waals surface area contributed by atoms with Gasteiger partial charge in [0.2, 0.25) is 0 Å². The molecule has 0 heterocycles. The number of fused-ring (bicyclic) bond motifs is 1. The van der Waals surface area contributed by atoms with Gasteiger partial charge >= 0.3 is 0 Å². The molecule has 0 fully saturated rings. The molecule has 0 saturated heterocycles. The highest BCUT2D eigenvalue weighted by Gasteiger charge is 2.06. The lowest BCUT2D eigenvalue weighted by molar-refractivity contribution is -0.384. The van der Waals surface area contributed by atoms with Gasteiger partial charge in [0.1, 0.15) is 5.75 Å². The minimum absolute atomic E-state index is 0.113. The lowest BCUT2D eigenvalue weighted by atomic mass is 10.1. The summed E-state index contributed by atoms with van der Waals surface area (Å²) in [5.41, 5.74) is 0.113. The van der Waals surface area contributed by atoms with Gasteiger partial charge in [-0.05, 0) is 35.4 Å². The SMILES string of the molecule is CCCCOc1ccc2cc([N+](=O)[O-])ccc2c1. The van der Waals surface area contributed by atoms with Gasteiger partial charge in [-0.15, -0.1) is 0 Å². The van der Waals surface area contributed by atoms with Crippen LogP contribution >= 0.6 is 0 Å². The summed E-state index contributed by atoms with van der Waals surface area (Å²) in [5, 5.41) is 12.5. The topological polar surface area (TPSA) is 52.4 Å². The van der Waals surface area contributed by atoms with E-state index in [0.29, 0.717) is 6.61 Å². The molecule has 0 aliphatic heterocycles. The van der Waals surface area contributed by atoms with Crippen LogP contribution in [0.5, 0.6) is 5.75 Å². The van der Waals surface area contributed by atoms with Gasteiger partial charge in [0, 0.05) is 12.1 Å². The van der Waals surface area contributed by atoms with Crippen molar-refractivity contribution in [3.63, 3.8) is 0 Å². The monoisotopic (exact) mass is 245 g/mol. The van der Waals surface area contributed by atoms with E-state index in [1.807, 2.05) is 18.2 Å². The van der Waals surface area contributed by atoms with Gasteiger partial charge in [0.05, 0.1) is 11.5 Å². The predicted molar refractivity (Wildman–Crippen MR) is 71.0 cm³/mol. The maximum Gasteiger partial charge on any atom is 0.270 e. The predicted octanol–water partition coefficient (Wildman–Crippen LogP) is 3.93. The Morgan fingerprint density at radius 3 is 2.61 bits per heavy atom. The Morgan fingerprint density at radius 1 is 1.17 bits per heavy atom. The summed E-state index contributed by atoms with van der Waals surface area (Å²) in [4.78, 5) is 10.3. The van der Waals surface area contributed by atoms with E-state index in [2.05, 4.69) is 6.92 Å². The van der Waals surface area contributed by atoms with Crippen LogP contribution in [-0.2, 0) is 0 Å². The summed E-state index contributed by atoms with van der Waals surface area (Å²) >= 11 is 0. The van der Waals surface area contributed by atoms with Crippen molar-refractivity contribution in [1.29, 1.82) is 0 Å². The van der Waals surface area contributed by atoms with E-state index < -0.39 is 0 Å². The Labute approximate surface area is 105 Å². The van der Waals surface area contributed by atoms with Crippen molar-refractivity contribution in [3.05, 3.63) is 46.5 Å². The lowest BCUT2D eigenvalue weighted by Gasteiger charge is -2.06. The largest absolute Gasteiger partial charge is 0.494 e. The van der Waals surface area contributed by atoms with Crippen molar-refractivity contribution in [1.82, 2.24) is 0 Å². The number of hydrogen-bond donors (Lipinski definition) is 0. The van der Waals surface area contributed by atoms with Crippen LogP contribution in [0.1, 0.15) is 19.8 Å². The molecule has 0 radical (unpaired) electrons. The molecular weight excluding hydrogens is 230 g/mol. The molecule has 4 heteroatoms. The molecule has 2 aromatic rings. The summed E-state index contributed by atoms with van der Waals surface area (Å²) in [5.74, 6) is 0.810. The molecule has 0 aromatic heterocycles. The zero-order chi connectivity index (χ0) is 13.0. The Balaban J connectivity index is 2.24. The average molecular weight is 245 g/mol. The first-order chi connectivity index (χ1) is 8.70. The van der Waals surface area contributed by atoms with Crippen molar-refractivity contribution < 1.29 is 9.66 Å². The number of benzene rings is 2. The van der Waals surface area contributed by atoms with Gasteiger partial charge in [-0.25, -0.2) is 0 Å². The quantitative estimate of drug-likeness (QED) is 0.455. The molecule has 0 unspecified atom stereocenters. The summed E-state index contributed by atoms with van der Waals surface area (Å²) in [6.45, 7) is 2.82. The van der Waals surface area contributed by atoms with E-state index in [1.165, 1.54) is 6.07 Å². The molecule has 0 N–H and O–H groups in total. The number of non-ortho nitro benzene ring substituents is 1. The second kappa shape index (κ2) is 5.49. The third-order valence-electron chi connectivity index (χ3n) is 2.77. The molecule has 0 aliphatic carbocycles. The second-order valence-corrected chi connectivity index (χ2v) is 4.15. The third kappa shape index (κ3) is 2.77. The van der Waals surface area contributed by atoms with Gasteiger partial charge in [0.25, 0.3) is 5.69 Å². The number of hydrogen-bond acceptors (Lipinski definition) is 3. The van der Waals surface area contributed by atoms with Gasteiger partial charge in [0.15, 0.2) is 0 Å². The molecule has 18 heavy (non-hydrogen) atoms. The molecule has 0 amide bonds. The standard InChI is InChI=1S/C14H15NO3/c1-2-3-8-18-14-7-5-11-9-13(15(16)17)6-4-12(11)10-14/h4-7,9-10H,2-3,8H2,1H3. The highest BCUT2D eigenvalue weighted by molar-refractivity contribution is 5.85. The van der Waals surface area contributed by atoms with Crippen LogP contribution in [0.4, 0.5) is 5.69 Å². The highest BCUT2D eigenvalue weighted by atomic mass is 16.6. The highest BCUT2D eigenvalue weighted by Crippen LogP contribution is 2.24. The summed E-state index contributed by atoms with van der Waals surface area (Å²) in [6, 6.07) is 10.4. The Kier molecular flexibility index (Phi) is 3.77. The van der Waals surface area contributed by atoms with Crippen LogP contribution in [0, 0.1) is 10.1 Å². The Hall–Kier alpha value is -2.10. The normalized spacial score (nSPS) is 10.5. The van der Waals surface area contributed by atoms with Crippen LogP contribution in [0.25, 0.3) is 10.8 Å². The number of unbranched alkanes of at least 4 members (excludes halogenated alkanes) is 1. The van der Waals surface area contributed by atoms with E-state index in [0.717, 1.165) is 29.4 Å². The Morgan fingerprint density at radius 2 is 1.89 bits per heavy atom. The molecule has 0 aliphatic rings. The first kappa shape index (κ1) is 12.4. The van der Waals surface area contributed by atoms with Crippen LogP contribution in [-0.4, -0.2) is 11.5 Å². The fourth-order valence-corrected chi connectivity index (χ4v) is 1.75. The number of nitro benzene ring substituents is 1. The number of rotatable bonds is 5. The van der Waals surface area contributed by atoms with Gasteiger partial charge in [-0.2, -0.15) is 0 Å². The van der Waals surface area contributed by atoms with E-state index in [9.17, 15) is 10.1 Å². The minimum Gasteiger partial charge on any atom is -0.494 e. The molecule has 2 rings (SSSR count). The van der Waals surface area contributed by atoms with Crippen LogP contribution in [0.2, 0.25) is 0 Å². The van der Waals surface area contributed by atoms with E-state index in [4.69, 9.17) is 4.74 Å². The fraction of sp³-hybridized carbons (Fsp3) is 0.286. The first-order valence-corrected chi connectivity index (χ1v) is 6.01. The zero-order valence-electron chi connectivity index (χ0n) is 10.3.